The summed E-state index contributed by atoms with van der Waals surface area (Å²) in [4.78, 5) is 11.2. The number of anilines is 1. The van der Waals surface area contributed by atoms with Crippen LogP contribution in [0.2, 0.25) is 0 Å². The minimum atomic E-state index is -0.168. The van der Waals surface area contributed by atoms with Gasteiger partial charge in [-0.2, -0.15) is 0 Å². The summed E-state index contributed by atoms with van der Waals surface area (Å²) in [6.45, 7) is 9.90. The number of carbonyl (C=O) groups excluding carboxylic acids is 1. The van der Waals surface area contributed by atoms with Crippen LogP contribution in [-0.2, 0) is 11.2 Å². The molecule has 0 aliphatic heterocycles. The van der Waals surface area contributed by atoms with Crippen LogP contribution in [0, 0.1) is 0 Å². The molecule has 0 aliphatic carbocycles. The Morgan fingerprint density at radius 2 is 2.19 bits per heavy atom. The van der Waals surface area contributed by atoms with E-state index < -0.39 is 0 Å². The largest absolute Gasteiger partial charge is 0.323 e. The van der Waals surface area contributed by atoms with Crippen molar-refractivity contribution in [1.29, 1.82) is 0 Å². The highest BCUT2D eigenvalue weighted by atomic mass is 16.1. The lowest BCUT2D eigenvalue weighted by Gasteiger charge is -2.13. The average molecular weight is 217 g/mol. The number of hydrogen-bond donors (Lipinski definition) is 1. The maximum atomic E-state index is 11.2. The van der Waals surface area contributed by atoms with Crippen molar-refractivity contribution in [3.05, 3.63) is 42.0 Å². The lowest BCUT2D eigenvalue weighted by molar-refractivity contribution is -0.111. The second kappa shape index (κ2) is 5.50. The molecule has 0 fully saturated rings. The lowest BCUT2D eigenvalue weighted by atomic mass is 9.95. The van der Waals surface area contributed by atoms with Crippen LogP contribution in [0.15, 0.2) is 30.9 Å². The van der Waals surface area contributed by atoms with Crippen LogP contribution in [0.5, 0.6) is 0 Å². The molecule has 1 aromatic rings. The van der Waals surface area contributed by atoms with Crippen LogP contribution in [0.25, 0.3) is 0 Å². The summed E-state index contributed by atoms with van der Waals surface area (Å²) >= 11 is 0. The van der Waals surface area contributed by atoms with Crippen LogP contribution < -0.4 is 5.32 Å². The lowest BCUT2D eigenvalue weighted by Crippen LogP contribution is -2.08. The van der Waals surface area contributed by atoms with Gasteiger partial charge in [-0.1, -0.05) is 33.4 Å². The highest BCUT2D eigenvalue weighted by Gasteiger charge is 2.07. The number of nitrogens with one attached hydrogen (secondary N) is 1. The van der Waals surface area contributed by atoms with Crippen LogP contribution in [0.4, 0.5) is 5.69 Å². The molecule has 0 bridgehead atoms. The predicted molar refractivity (Wildman–Crippen MR) is 68.7 cm³/mol. The number of aryl methyl sites for hydroxylation is 1. The Kier molecular flexibility index (Phi) is 4.29. The zero-order valence-electron chi connectivity index (χ0n) is 10.2. The topological polar surface area (TPSA) is 29.1 Å². The number of amides is 1. The van der Waals surface area contributed by atoms with E-state index in [4.69, 9.17) is 0 Å². The van der Waals surface area contributed by atoms with Crippen molar-refractivity contribution in [2.45, 2.75) is 33.1 Å². The number of rotatable bonds is 4. The monoisotopic (exact) mass is 217 g/mol. The fourth-order valence-corrected chi connectivity index (χ4v) is 1.73. The van der Waals surface area contributed by atoms with E-state index in [1.54, 1.807) is 0 Å². The van der Waals surface area contributed by atoms with E-state index in [9.17, 15) is 4.79 Å². The summed E-state index contributed by atoms with van der Waals surface area (Å²) in [5, 5.41) is 2.78. The van der Waals surface area contributed by atoms with Crippen molar-refractivity contribution >= 4 is 11.6 Å². The molecule has 0 spiro atoms. The predicted octanol–water partition coefficient (Wildman–Crippen LogP) is 3.50. The third-order valence-electron chi connectivity index (χ3n) is 2.60. The van der Waals surface area contributed by atoms with Gasteiger partial charge in [0.15, 0.2) is 0 Å². The molecule has 0 unspecified atom stereocenters. The van der Waals surface area contributed by atoms with Crippen LogP contribution in [-0.4, -0.2) is 5.91 Å². The summed E-state index contributed by atoms with van der Waals surface area (Å²) in [5.41, 5.74) is 3.47. The molecule has 1 aromatic carbocycles. The van der Waals surface area contributed by atoms with Gasteiger partial charge in [0.05, 0.1) is 0 Å². The minimum Gasteiger partial charge on any atom is -0.323 e. The molecule has 0 atom stereocenters. The Labute approximate surface area is 97.4 Å². The number of carbonyl (C=O) groups is 1. The van der Waals surface area contributed by atoms with E-state index in [0.29, 0.717) is 5.92 Å². The maximum Gasteiger partial charge on any atom is 0.247 e. The van der Waals surface area contributed by atoms with Gasteiger partial charge < -0.3 is 5.32 Å². The van der Waals surface area contributed by atoms with E-state index in [-0.39, 0.29) is 5.91 Å². The summed E-state index contributed by atoms with van der Waals surface area (Å²) in [6.07, 6.45) is 2.30. The van der Waals surface area contributed by atoms with Gasteiger partial charge in [-0.25, -0.2) is 0 Å². The Balaban J connectivity index is 3.02. The van der Waals surface area contributed by atoms with E-state index in [2.05, 4.69) is 38.7 Å². The molecule has 1 N–H and O–H groups in total. The third-order valence-corrected chi connectivity index (χ3v) is 2.60. The number of hydrogen-bond acceptors (Lipinski definition) is 1. The highest BCUT2D eigenvalue weighted by Crippen LogP contribution is 2.23. The fourth-order valence-electron chi connectivity index (χ4n) is 1.73. The molecule has 2 nitrogen and oxygen atoms in total. The highest BCUT2D eigenvalue weighted by molar-refractivity contribution is 5.98. The van der Waals surface area contributed by atoms with Gasteiger partial charge in [-0.05, 0) is 41.7 Å². The van der Waals surface area contributed by atoms with Gasteiger partial charge >= 0.3 is 0 Å². The molecular weight excluding hydrogens is 198 g/mol. The Hall–Kier alpha value is -1.57. The first-order valence-corrected chi connectivity index (χ1v) is 5.64. The SMILES string of the molecule is C=CC(=O)Nc1ccc(CC)c(C(C)C)c1. The molecule has 0 saturated carbocycles. The standard InChI is InChI=1S/C14H19NO/c1-5-11-7-8-12(15-14(16)6-2)9-13(11)10(3)4/h6-10H,2,5H2,1,3-4H3,(H,15,16). The molecule has 1 rings (SSSR count). The van der Waals surface area contributed by atoms with Gasteiger partial charge in [0, 0.05) is 5.69 Å². The van der Waals surface area contributed by atoms with Gasteiger partial charge in [0.25, 0.3) is 0 Å². The van der Waals surface area contributed by atoms with Crippen LogP contribution >= 0.6 is 0 Å². The van der Waals surface area contributed by atoms with Crippen molar-refractivity contribution in [3.63, 3.8) is 0 Å². The van der Waals surface area contributed by atoms with Crippen LogP contribution in [0.3, 0.4) is 0 Å². The third kappa shape index (κ3) is 2.96. The first-order valence-electron chi connectivity index (χ1n) is 5.64. The first kappa shape index (κ1) is 12.5. The summed E-state index contributed by atoms with van der Waals surface area (Å²) in [6, 6.07) is 6.06. The molecule has 0 radical (unpaired) electrons. The zero-order valence-corrected chi connectivity index (χ0v) is 10.2. The van der Waals surface area contributed by atoms with Crippen molar-refractivity contribution in [1.82, 2.24) is 0 Å². The zero-order chi connectivity index (χ0) is 12.1. The van der Waals surface area contributed by atoms with E-state index in [1.165, 1.54) is 17.2 Å². The van der Waals surface area contributed by atoms with Gasteiger partial charge in [-0.3, -0.25) is 4.79 Å². The maximum absolute atomic E-state index is 11.2. The Morgan fingerprint density at radius 1 is 1.50 bits per heavy atom. The Morgan fingerprint density at radius 3 is 2.69 bits per heavy atom. The normalized spacial score (nSPS) is 10.2. The molecule has 16 heavy (non-hydrogen) atoms. The second-order valence-electron chi connectivity index (χ2n) is 4.12. The molecule has 0 saturated heterocycles. The smallest absolute Gasteiger partial charge is 0.247 e. The Bertz CT molecular complexity index is 394. The average Bonchev–Trinajstić information content (AvgIpc) is 2.28. The first-order chi connectivity index (χ1) is 7.58. The molecule has 0 heterocycles. The second-order valence-corrected chi connectivity index (χ2v) is 4.12. The van der Waals surface area contributed by atoms with Gasteiger partial charge in [0.1, 0.15) is 0 Å². The molecule has 2 heteroatoms. The minimum absolute atomic E-state index is 0.168. The summed E-state index contributed by atoms with van der Waals surface area (Å²) < 4.78 is 0. The quantitative estimate of drug-likeness (QED) is 0.768. The van der Waals surface area contributed by atoms with Crippen molar-refractivity contribution < 1.29 is 4.79 Å². The van der Waals surface area contributed by atoms with E-state index >= 15 is 0 Å². The van der Waals surface area contributed by atoms with E-state index in [1.807, 2.05) is 12.1 Å². The van der Waals surface area contributed by atoms with Gasteiger partial charge in [0.2, 0.25) is 5.91 Å². The fraction of sp³-hybridized carbons (Fsp3) is 0.357. The molecule has 1 amide bonds. The van der Waals surface area contributed by atoms with E-state index in [0.717, 1.165) is 12.1 Å². The van der Waals surface area contributed by atoms with Gasteiger partial charge in [-0.15, -0.1) is 0 Å². The summed E-state index contributed by atoms with van der Waals surface area (Å²) in [7, 11) is 0. The summed E-state index contributed by atoms with van der Waals surface area (Å²) in [5.74, 6) is 0.300. The number of benzene rings is 1. The van der Waals surface area contributed by atoms with Crippen molar-refractivity contribution in [2.24, 2.45) is 0 Å². The molecular formula is C14H19NO. The van der Waals surface area contributed by atoms with Crippen molar-refractivity contribution in [3.8, 4) is 0 Å². The molecule has 86 valence electrons. The van der Waals surface area contributed by atoms with Crippen LogP contribution in [0.1, 0.15) is 37.8 Å². The van der Waals surface area contributed by atoms with Crippen molar-refractivity contribution in [2.75, 3.05) is 5.32 Å². The molecule has 0 aromatic heterocycles. The molecule has 0 aliphatic rings.